The lowest BCUT2D eigenvalue weighted by molar-refractivity contribution is 0.339. The highest BCUT2D eigenvalue weighted by atomic mass is 35.5. The lowest BCUT2D eigenvalue weighted by atomic mass is 9.95. The van der Waals surface area contributed by atoms with Crippen molar-refractivity contribution in [2.45, 2.75) is 49.1 Å². The van der Waals surface area contributed by atoms with Gasteiger partial charge in [-0.2, -0.15) is 15.0 Å². The molecule has 0 aliphatic heterocycles. The normalized spacial score (nSPS) is 15.0. The molecule has 0 amide bonds. The molecule has 11 heteroatoms. The van der Waals surface area contributed by atoms with E-state index >= 15 is 0 Å². The summed E-state index contributed by atoms with van der Waals surface area (Å²) < 4.78 is 2.19. The topological polar surface area (TPSA) is 121 Å². The number of hydrogen-bond acceptors (Lipinski definition) is 8. The Morgan fingerprint density at radius 2 is 1.72 bits per heavy atom. The van der Waals surface area contributed by atoms with E-state index in [1.54, 1.807) is 6.07 Å². The van der Waals surface area contributed by atoms with Gasteiger partial charge in [0.05, 0.1) is 10.8 Å². The molecular formula is C18H20Cl2N8S. The van der Waals surface area contributed by atoms with Crippen LogP contribution in [-0.2, 0) is 5.75 Å². The first-order chi connectivity index (χ1) is 14.0. The monoisotopic (exact) mass is 450 g/mol. The molecule has 0 unspecified atom stereocenters. The molecule has 0 bridgehead atoms. The van der Waals surface area contributed by atoms with Gasteiger partial charge in [0.15, 0.2) is 11.0 Å². The van der Waals surface area contributed by atoms with Crippen LogP contribution in [0.15, 0.2) is 23.4 Å². The van der Waals surface area contributed by atoms with Crippen LogP contribution in [0.25, 0.3) is 11.4 Å². The Bertz CT molecular complexity index is 999. The van der Waals surface area contributed by atoms with E-state index in [4.69, 9.17) is 34.7 Å². The summed E-state index contributed by atoms with van der Waals surface area (Å²) in [5, 5.41) is 10.8. The van der Waals surface area contributed by atoms with Crippen molar-refractivity contribution in [1.29, 1.82) is 0 Å². The number of aromatic nitrogens is 6. The Hall–Kier alpha value is -2.10. The fourth-order valence-electron chi connectivity index (χ4n) is 3.55. The number of nitrogens with two attached hydrogens (primary N) is 2. The summed E-state index contributed by atoms with van der Waals surface area (Å²) in [6.07, 6.45) is 5.77. The van der Waals surface area contributed by atoms with Crippen molar-refractivity contribution >= 4 is 46.9 Å². The lowest BCUT2D eigenvalue weighted by Gasteiger charge is -2.25. The van der Waals surface area contributed by atoms with Crippen LogP contribution >= 0.6 is 35.0 Å². The van der Waals surface area contributed by atoms with Gasteiger partial charge in [-0.25, -0.2) is 0 Å². The highest BCUT2D eigenvalue weighted by molar-refractivity contribution is 7.98. The number of halogens is 2. The van der Waals surface area contributed by atoms with Crippen LogP contribution in [0, 0.1) is 0 Å². The zero-order chi connectivity index (χ0) is 20.4. The first kappa shape index (κ1) is 20.2. The van der Waals surface area contributed by atoms with Crippen LogP contribution in [0.3, 0.4) is 0 Å². The minimum absolute atomic E-state index is 0.107. The summed E-state index contributed by atoms with van der Waals surface area (Å²) in [7, 11) is 0. The molecule has 4 N–H and O–H groups in total. The molecule has 29 heavy (non-hydrogen) atoms. The van der Waals surface area contributed by atoms with Crippen LogP contribution in [0.1, 0.15) is 44.0 Å². The van der Waals surface area contributed by atoms with Crippen LogP contribution in [0.2, 0.25) is 10.0 Å². The molecule has 4 rings (SSSR count). The zero-order valence-electron chi connectivity index (χ0n) is 15.6. The Morgan fingerprint density at radius 3 is 2.41 bits per heavy atom. The predicted molar refractivity (Wildman–Crippen MR) is 116 cm³/mol. The fraction of sp³-hybridized carbons (Fsp3) is 0.389. The summed E-state index contributed by atoms with van der Waals surface area (Å²) in [6, 6.07) is 5.74. The minimum Gasteiger partial charge on any atom is -0.368 e. The number of rotatable bonds is 5. The van der Waals surface area contributed by atoms with Gasteiger partial charge in [-0.05, 0) is 31.0 Å². The van der Waals surface area contributed by atoms with Crippen LogP contribution < -0.4 is 11.5 Å². The van der Waals surface area contributed by atoms with Gasteiger partial charge >= 0.3 is 0 Å². The molecule has 0 spiro atoms. The van der Waals surface area contributed by atoms with Gasteiger partial charge in [0, 0.05) is 16.6 Å². The summed E-state index contributed by atoms with van der Waals surface area (Å²) in [4.78, 5) is 12.1. The first-order valence-electron chi connectivity index (χ1n) is 9.30. The average Bonchev–Trinajstić information content (AvgIpc) is 3.10. The molecule has 2 heterocycles. The summed E-state index contributed by atoms with van der Waals surface area (Å²) in [5.74, 6) is 1.92. The van der Waals surface area contributed by atoms with Gasteiger partial charge in [0.1, 0.15) is 5.82 Å². The zero-order valence-corrected chi connectivity index (χ0v) is 17.9. The molecule has 0 radical (unpaired) electrons. The smallest absolute Gasteiger partial charge is 0.225 e. The van der Waals surface area contributed by atoms with Crippen LogP contribution in [0.5, 0.6) is 0 Å². The van der Waals surface area contributed by atoms with Gasteiger partial charge in [-0.15, -0.1) is 10.2 Å². The second kappa shape index (κ2) is 8.73. The van der Waals surface area contributed by atoms with Gasteiger partial charge < -0.3 is 11.5 Å². The average molecular weight is 451 g/mol. The standard InChI is InChI=1S/C18H20Cl2N8S/c19-10-6-7-12(13(20)8-10)15-26-27-18(28(15)11-4-2-1-3-5-11)29-9-14-23-16(21)25-17(22)24-14/h6-8,11H,1-5,9H2,(H4,21,22,23,24,25). The minimum atomic E-state index is 0.107. The second-order valence-corrected chi connectivity index (χ2v) is 8.64. The number of nitrogen functional groups attached to an aromatic ring is 2. The first-order valence-corrected chi connectivity index (χ1v) is 11.0. The molecule has 1 fully saturated rings. The molecule has 0 atom stereocenters. The maximum absolute atomic E-state index is 6.46. The molecule has 3 aromatic rings. The molecule has 8 nitrogen and oxygen atoms in total. The highest BCUT2D eigenvalue weighted by Crippen LogP contribution is 2.38. The van der Waals surface area contributed by atoms with Crippen molar-refractivity contribution in [3.05, 3.63) is 34.1 Å². The molecular weight excluding hydrogens is 431 g/mol. The van der Waals surface area contributed by atoms with Crippen molar-refractivity contribution in [3.63, 3.8) is 0 Å². The Morgan fingerprint density at radius 1 is 1.00 bits per heavy atom. The third-order valence-electron chi connectivity index (χ3n) is 4.82. The van der Waals surface area contributed by atoms with E-state index in [0.29, 0.717) is 27.7 Å². The lowest BCUT2D eigenvalue weighted by Crippen LogP contribution is -2.15. The number of anilines is 2. The second-order valence-electron chi connectivity index (χ2n) is 6.85. The van der Waals surface area contributed by atoms with Gasteiger partial charge in [-0.1, -0.05) is 54.2 Å². The van der Waals surface area contributed by atoms with E-state index in [9.17, 15) is 0 Å². The number of hydrogen-bond donors (Lipinski definition) is 2. The molecule has 2 aromatic heterocycles. The third-order valence-corrected chi connectivity index (χ3v) is 6.31. The van der Waals surface area contributed by atoms with E-state index in [1.165, 1.54) is 31.0 Å². The summed E-state index contributed by atoms with van der Waals surface area (Å²) in [5.41, 5.74) is 12.2. The van der Waals surface area contributed by atoms with E-state index in [0.717, 1.165) is 29.4 Å². The summed E-state index contributed by atoms with van der Waals surface area (Å²) in [6.45, 7) is 0. The Labute approximate surface area is 182 Å². The Kier molecular flexibility index (Phi) is 6.07. The van der Waals surface area contributed by atoms with E-state index in [-0.39, 0.29) is 11.9 Å². The van der Waals surface area contributed by atoms with E-state index < -0.39 is 0 Å². The fourth-order valence-corrected chi connectivity index (χ4v) is 4.90. The number of thioether (sulfide) groups is 1. The largest absolute Gasteiger partial charge is 0.368 e. The number of benzene rings is 1. The quantitative estimate of drug-likeness (QED) is 0.548. The van der Waals surface area contributed by atoms with Crippen molar-refractivity contribution in [2.75, 3.05) is 11.5 Å². The van der Waals surface area contributed by atoms with Gasteiger partial charge in [0.2, 0.25) is 11.9 Å². The van der Waals surface area contributed by atoms with Crippen LogP contribution in [-0.4, -0.2) is 29.7 Å². The molecule has 1 aliphatic carbocycles. The predicted octanol–water partition coefficient (Wildman–Crippen LogP) is 4.40. The molecule has 1 aliphatic rings. The van der Waals surface area contributed by atoms with Gasteiger partial charge in [-0.3, -0.25) is 4.57 Å². The number of nitrogens with zero attached hydrogens (tertiary/aromatic N) is 6. The Balaban J connectivity index is 1.68. The van der Waals surface area contributed by atoms with Crippen molar-refractivity contribution in [2.24, 2.45) is 0 Å². The van der Waals surface area contributed by atoms with E-state index in [2.05, 4.69) is 29.7 Å². The summed E-state index contributed by atoms with van der Waals surface area (Å²) >= 11 is 14.0. The molecule has 0 saturated heterocycles. The van der Waals surface area contributed by atoms with Crippen molar-refractivity contribution in [3.8, 4) is 11.4 Å². The van der Waals surface area contributed by atoms with Crippen LogP contribution in [0.4, 0.5) is 11.9 Å². The molecule has 1 aromatic carbocycles. The van der Waals surface area contributed by atoms with Crippen molar-refractivity contribution in [1.82, 2.24) is 29.7 Å². The SMILES string of the molecule is Nc1nc(N)nc(CSc2nnc(-c3ccc(Cl)cc3Cl)n2C2CCCCC2)n1. The maximum atomic E-state index is 6.46. The molecule has 1 saturated carbocycles. The van der Waals surface area contributed by atoms with Crippen molar-refractivity contribution < 1.29 is 0 Å². The maximum Gasteiger partial charge on any atom is 0.225 e. The molecule has 152 valence electrons. The highest BCUT2D eigenvalue weighted by Gasteiger charge is 2.25. The van der Waals surface area contributed by atoms with E-state index in [1.807, 2.05) is 12.1 Å². The van der Waals surface area contributed by atoms with Gasteiger partial charge in [0.25, 0.3) is 0 Å². The third kappa shape index (κ3) is 4.57.